The summed E-state index contributed by atoms with van der Waals surface area (Å²) in [6.45, 7) is 7.84. The zero-order chi connectivity index (χ0) is 19.4. The highest BCUT2D eigenvalue weighted by atomic mass is 35.5. The van der Waals surface area contributed by atoms with Crippen LogP contribution in [0.3, 0.4) is 0 Å². The number of halogens is 1. The molecule has 0 aliphatic carbocycles. The van der Waals surface area contributed by atoms with Crippen molar-refractivity contribution in [3.8, 4) is 11.1 Å². The number of nitrogens with one attached hydrogen (secondary N) is 1. The average Bonchev–Trinajstić information content (AvgIpc) is 3.05. The maximum absolute atomic E-state index is 8.80. The van der Waals surface area contributed by atoms with Crippen molar-refractivity contribution in [2.24, 2.45) is 0 Å². The van der Waals surface area contributed by atoms with Gasteiger partial charge in [0.1, 0.15) is 5.82 Å². The summed E-state index contributed by atoms with van der Waals surface area (Å²) in [4.78, 5) is 4.88. The second kappa shape index (κ2) is 8.25. The molecule has 0 saturated carbocycles. The average molecular weight is 389 g/mol. The van der Waals surface area contributed by atoms with E-state index in [0.717, 1.165) is 28.3 Å². The molecule has 2 N–H and O–H groups in total. The Hall–Kier alpha value is -2.15. The number of nitrogens with zero attached hydrogens (tertiary/aromatic N) is 3. The first-order valence-corrected chi connectivity index (χ1v) is 9.36. The van der Waals surface area contributed by atoms with Gasteiger partial charge in [-0.15, -0.1) is 0 Å². The Labute approximate surface area is 164 Å². The van der Waals surface area contributed by atoms with Crippen molar-refractivity contribution >= 4 is 23.1 Å². The van der Waals surface area contributed by atoms with E-state index in [0.29, 0.717) is 24.8 Å². The number of fused-ring (bicyclic) bond motifs is 1. The van der Waals surface area contributed by atoms with Crippen molar-refractivity contribution in [1.29, 1.82) is 0 Å². The number of anilines is 1. The molecule has 0 unspecified atom stereocenters. The molecular formula is C20H25ClN4O2. The molecule has 1 aromatic carbocycles. The molecule has 27 heavy (non-hydrogen) atoms. The largest absolute Gasteiger partial charge is 0.394 e. The summed E-state index contributed by atoms with van der Waals surface area (Å²) in [5.74, 6) is 0.843. The number of benzene rings is 1. The Balaban J connectivity index is 2.03. The predicted molar refractivity (Wildman–Crippen MR) is 109 cm³/mol. The van der Waals surface area contributed by atoms with E-state index in [2.05, 4.69) is 31.2 Å². The fourth-order valence-corrected chi connectivity index (χ4v) is 3.00. The molecule has 0 amide bonds. The lowest BCUT2D eigenvalue weighted by atomic mass is 9.92. The summed E-state index contributed by atoms with van der Waals surface area (Å²) in [7, 11) is 0. The minimum absolute atomic E-state index is 0.0219. The second-order valence-electron chi connectivity index (χ2n) is 7.31. The van der Waals surface area contributed by atoms with Crippen LogP contribution in [0.5, 0.6) is 0 Å². The van der Waals surface area contributed by atoms with Gasteiger partial charge in [0.15, 0.2) is 5.65 Å². The summed E-state index contributed by atoms with van der Waals surface area (Å²) in [5.41, 5.74) is 3.40. The third-order valence-electron chi connectivity index (χ3n) is 4.19. The van der Waals surface area contributed by atoms with Gasteiger partial charge in [0.2, 0.25) is 0 Å². The third kappa shape index (κ3) is 4.40. The molecule has 7 heteroatoms. The second-order valence-corrected chi connectivity index (χ2v) is 7.72. The summed E-state index contributed by atoms with van der Waals surface area (Å²) < 4.78 is 7.12. The summed E-state index contributed by atoms with van der Waals surface area (Å²) in [6, 6.07) is 9.72. The number of rotatable bonds is 7. The van der Waals surface area contributed by atoms with Gasteiger partial charge < -0.3 is 15.2 Å². The number of hydrogen-bond acceptors (Lipinski definition) is 5. The summed E-state index contributed by atoms with van der Waals surface area (Å²) in [5, 5.41) is 17.4. The number of aromatic nitrogens is 3. The lowest BCUT2D eigenvalue weighted by Crippen LogP contribution is -2.18. The van der Waals surface area contributed by atoms with Crippen LogP contribution in [0.1, 0.15) is 26.5 Å². The van der Waals surface area contributed by atoms with Crippen molar-refractivity contribution in [3.63, 3.8) is 0 Å². The minimum Gasteiger partial charge on any atom is -0.394 e. The fraction of sp³-hybridized carbons (Fsp3) is 0.400. The van der Waals surface area contributed by atoms with Gasteiger partial charge >= 0.3 is 0 Å². The van der Waals surface area contributed by atoms with Crippen LogP contribution in [0, 0.1) is 0 Å². The highest BCUT2D eigenvalue weighted by Crippen LogP contribution is 2.33. The number of ether oxygens (including phenoxy) is 1. The Morgan fingerprint density at radius 2 is 1.96 bits per heavy atom. The van der Waals surface area contributed by atoms with Crippen LogP contribution >= 0.6 is 11.6 Å². The van der Waals surface area contributed by atoms with Gasteiger partial charge in [-0.3, -0.25) is 0 Å². The lowest BCUT2D eigenvalue weighted by molar-refractivity contribution is 0.0991. The van der Waals surface area contributed by atoms with Gasteiger partial charge in [-0.2, -0.15) is 9.61 Å². The molecule has 0 aliphatic heterocycles. The number of aliphatic hydroxyl groups is 1. The molecule has 0 radical (unpaired) electrons. The fourth-order valence-electron chi connectivity index (χ4n) is 2.76. The van der Waals surface area contributed by atoms with Crippen molar-refractivity contribution in [2.45, 2.75) is 26.2 Å². The van der Waals surface area contributed by atoms with E-state index in [9.17, 15) is 0 Å². The molecule has 3 rings (SSSR count). The normalized spacial score (nSPS) is 11.9. The van der Waals surface area contributed by atoms with Gasteiger partial charge in [-0.25, -0.2) is 4.98 Å². The summed E-state index contributed by atoms with van der Waals surface area (Å²) in [6.07, 6.45) is 1.80. The van der Waals surface area contributed by atoms with Crippen molar-refractivity contribution in [1.82, 2.24) is 14.6 Å². The van der Waals surface area contributed by atoms with E-state index in [4.69, 9.17) is 26.4 Å². The standard InChI is InChI=1S/C20H25ClN4O2/c1-20(2,3)17-12-18(22-8-10-27-11-9-26)25-19(24-17)15(13-23-25)14-6-4-5-7-16(14)21/h4-7,12-13,22,26H,8-11H2,1-3H3. The van der Waals surface area contributed by atoms with Gasteiger partial charge in [-0.05, 0) is 6.07 Å². The molecule has 2 heterocycles. The first kappa shape index (κ1) is 19.6. The molecule has 6 nitrogen and oxygen atoms in total. The Morgan fingerprint density at radius 3 is 2.67 bits per heavy atom. The van der Waals surface area contributed by atoms with Crippen molar-refractivity contribution in [2.75, 3.05) is 31.7 Å². The van der Waals surface area contributed by atoms with Crippen LogP contribution < -0.4 is 5.32 Å². The van der Waals surface area contributed by atoms with Crippen LogP contribution in [0.25, 0.3) is 16.8 Å². The first-order valence-electron chi connectivity index (χ1n) is 8.98. The van der Waals surface area contributed by atoms with Gasteiger partial charge in [0, 0.05) is 34.2 Å². The van der Waals surface area contributed by atoms with E-state index in [1.807, 2.05) is 30.3 Å². The Morgan fingerprint density at radius 1 is 1.19 bits per heavy atom. The highest BCUT2D eigenvalue weighted by Gasteiger charge is 2.21. The number of hydrogen-bond donors (Lipinski definition) is 2. The highest BCUT2D eigenvalue weighted by molar-refractivity contribution is 6.33. The third-order valence-corrected chi connectivity index (χ3v) is 4.52. The molecule has 0 atom stereocenters. The lowest BCUT2D eigenvalue weighted by Gasteiger charge is -2.20. The van der Waals surface area contributed by atoms with Crippen LogP contribution in [0.15, 0.2) is 36.5 Å². The quantitative estimate of drug-likeness (QED) is 0.603. The topological polar surface area (TPSA) is 71.7 Å². The molecule has 0 bridgehead atoms. The van der Waals surface area contributed by atoms with E-state index < -0.39 is 0 Å². The van der Waals surface area contributed by atoms with E-state index in [-0.39, 0.29) is 12.0 Å². The first-order chi connectivity index (χ1) is 12.9. The minimum atomic E-state index is -0.117. The maximum Gasteiger partial charge on any atom is 0.165 e. The van der Waals surface area contributed by atoms with Gasteiger partial charge in [-0.1, -0.05) is 50.6 Å². The molecule has 0 fully saturated rings. The van der Waals surface area contributed by atoms with Crippen LogP contribution in [0.4, 0.5) is 5.82 Å². The molecule has 0 spiro atoms. The van der Waals surface area contributed by atoms with E-state index in [1.54, 1.807) is 10.7 Å². The molecule has 144 valence electrons. The SMILES string of the molecule is CC(C)(C)c1cc(NCCOCCO)n2ncc(-c3ccccc3Cl)c2n1. The van der Waals surface area contributed by atoms with Gasteiger partial charge in [0.05, 0.1) is 31.7 Å². The van der Waals surface area contributed by atoms with E-state index in [1.165, 1.54) is 0 Å². The Bertz CT molecular complexity index is 918. The zero-order valence-corrected chi connectivity index (χ0v) is 16.6. The molecule has 2 aromatic heterocycles. The monoisotopic (exact) mass is 388 g/mol. The van der Waals surface area contributed by atoms with Gasteiger partial charge in [0.25, 0.3) is 0 Å². The smallest absolute Gasteiger partial charge is 0.165 e. The zero-order valence-electron chi connectivity index (χ0n) is 15.9. The van der Waals surface area contributed by atoms with Crippen LogP contribution in [-0.2, 0) is 10.2 Å². The molecule has 0 saturated heterocycles. The van der Waals surface area contributed by atoms with Crippen LogP contribution in [-0.4, -0.2) is 46.1 Å². The van der Waals surface area contributed by atoms with Crippen LogP contribution in [0.2, 0.25) is 5.02 Å². The molecule has 3 aromatic rings. The maximum atomic E-state index is 8.80. The molecular weight excluding hydrogens is 364 g/mol. The van der Waals surface area contributed by atoms with Crippen molar-refractivity contribution in [3.05, 3.63) is 47.2 Å². The number of aliphatic hydroxyl groups excluding tert-OH is 1. The van der Waals surface area contributed by atoms with Crippen molar-refractivity contribution < 1.29 is 9.84 Å². The predicted octanol–water partition coefficient (Wildman–Crippen LogP) is 3.77. The summed E-state index contributed by atoms with van der Waals surface area (Å²) >= 11 is 6.40. The van der Waals surface area contributed by atoms with E-state index >= 15 is 0 Å². The molecule has 0 aliphatic rings. The Kier molecular flexibility index (Phi) is 5.99.